The Balaban J connectivity index is 0.00000161. The first-order valence-electron chi connectivity index (χ1n) is 5.55. The molecule has 1 aliphatic heterocycles. The van der Waals surface area contributed by atoms with Gasteiger partial charge in [0.2, 0.25) is 0 Å². The topological polar surface area (TPSA) is 119 Å². The molecule has 0 bridgehead atoms. The van der Waals surface area contributed by atoms with Crippen LogP contribution in [0, 0.1) is 0 Å². The third-order valence-electron chi connectivity index (χ3n) is 2.78. The Morgan fingerprint density at radius 3 is 2.62 bits per heavy atom. The molecule has 3 rings (SSSR count). The summed E-state index contributed by atoms with van der Waals surface area (Å²) in [5.74, 6) is 0. The minimum absolute atomic E-state index is 0. The van der Waals surface area contributed by atoms with Gasteiger partial charge in [-0.25, -0.2) is 4.98 Å². The Morgan fingerprint density at radius 1 is 1.24 bits per heavy atom. The molecule has 5 N–H and O–H groups in total. The summed E-state index contributed by atoms with van der Waals surface area (Å²) in [6.45, 7) is 0. The van der Waals surface area contributed by atoms with Crippen LogP contribution in [0.3, 0.4) is 0 Å². The van der Waals surface area contributed by atoms with Crippen molar-refractivity contribution in [1.29, 1.82) is 0 Å². The average Bonchev–Trinajstić information content (AvgIpc) is 2.34. The van der Waals surface area contributed by atoms with Crippen molar-refractivity contribution in [2.45, 2.75) is 4.90 Å². The predicted octanol–water partition coefficient (Wildman–Crippen LogP) is -3.11. The molecule has 21 heavy (non-hydrogen) atoms. The second-order valence-corrected chi connectivity index (χ2v) is 6.76. The number of hydrogen-bond acceptors (Lipinski definition) is 5. The van der Waals surface area contributed by atoms with Gasteiger partial charge in [0.05, 0.1) is 15.3 Å². The standard InChI is InChI=1S/C12H9N3O3S2.ClH/c13-6-1-2-8-9(3-6)19-10-4-7(14)5-11(12(10)15-8)20(16,17)18;/h1-5,13H,14H2,(H,16,17,18);1H. The molecule has 1 aromatic rings. The van der Waals surface area contributed by atoms with Crippen molar-refractivity contribution in [2.24, 2.45) is 0 Å². The highest BCUT2D eigenvalue weighted by Gasteiger charge is 2.19. The van der Waals surface area contributed by atoms with E-state index in [1.54, 1.807) is 24.3 Å². The third-order valence-corrected chi connectivity index (χ3v) is 4.72. The quantitative estimate of drug-likeness (QED) is 0.245. The van der Waals surface area contributed by atoms with Gasteiger partial charge >= 0.3 is 0 Å². The SMILES string of the molecule is Nc1cc(S(=O)(=O)O)c2nc3ccc(=[NH2+])cc-3sc2c1.[Cl-]. The van der Waals surface area contributed by atoms with Crippen molar-refractivity contribution >= 4 is 37.4 Å². The molecular weight excluding hydrogens is 334 g/mol. The lowest BCUT2D eigenvalue weighted by Gasteiger charge is -2.08. The summed E-state index contributed by atoms with van der Waals surface area (Å²) in [5.41, 5.74) is 6.72. The van der Waals surface area contributed by atoms with Crippen LogP contribution in [0.1, 0.15) is 0 Å². The summed E-state index contributed by atoms with van der Waals surface area (Å²) in [4.78, 5) is 4.81. The lowest BCUT2D eigenvalue weighted by molar-refractivity contribution is -0.172. The summed E-state index contributed by atoms with van der Waals surface area (Å²) < 4.78 is 32.7. The van der Waals surface area contributed by atoms with Crippen LogP contribution in [-0.4, -0.2) is 18.0 Å². The van der Waals surface area contributed by atoms with E-state index < -0.39 is 10.1 Å². The van der Waals surface area contributed by atoms with E-state index in [9.17, 15) is 13.0 Å². The highest BCUT2D eigenvalue weighted by molar-refractivity contribution is 7.86. The number of aromatic nitrogens is 1. The van der Waals surface area contributed by atoms with Crippen molar-refractivity contribution in [1.82, 2.24) is 4.98 Å². The molecule has 6 nitrogen and oxygen atoms in total. The summed E-state index contributed by atoms with van der Waals surface area (Å²) in [6.07, 6.45) is 0. The monoisotopic (exact) mass is 343 g/mol. The fourth-order valence-corrected chi connectivity index (χ4v) is 3.78. The second-order valence-electron chi connectivity index (χ2n) is 4.28. The van der Waals surface area contributed by atoms with Crippen LogP contribution >= 0.6 is 11.3 Å². The minimum Gasteiger partial charge on any atom is -1.00 e. The van der Waals surface area contributed by atoms with Crippen molar-refractivity contribution < 1.29 is 30.8 Å². The zero-order chi connectivity index (χ0) is 14.5. The molecule has 2 aliphatic rings. The summed E-state index contributed by atoms with van der Waals surface area (Å²) >= 11 is 1.31. The van der Waals surface area contributed by atoms with E-state index in [0.29, 0.717) is 15.8 Å². The van der Waals surface area contributed by atoms with Gasteiger partial charge in [-0.2, -0.15) is 8.42 Å². The van der Waals surface area contributed by atoms with Crippen molar-refractivity contribution in [3.05, 3.63) is 35.7 Å². The van der Waals surface area contributed by atoms with Crippen LogP contribution in [-0.2, 0) is 10.1 Å². The zero-order valence-electron chi connectivity index (χ0n) is 10.4. The molecule has 0 saturated heterocycles. The molecule has 9 heteroatoms. The van der Waals surface area contributed by atoms with E-state index in [2.05, 4.69) is 4.98 Å². The van der Waals surface area contributed by atoms with Crippen molar-refractivity contribution in [2.75, 3.05) is 5.73 Å². The Kier molecular flexibility index (Phi) is 3.89. The van der Waals surface area contributed by atoms with Crippen LogP contribution < -0.4 is 28.9 Å². The summed E-state index contributed by atoms with van der Waals surface area (Å²) in [6, 6.07) is 7.94. The summed E-state index contributed by atoms with van der Waals surface area (Å²) in [5, 5.41) is 6.31. The molecule has 1 heterocycles. The van der Waals surface area contributed by atoms with Crippen LogP contribution in [0.25, 0.3) is 20.8 Å². The van der Waals surface area contributed by atoms with Crippen LogP contribution in [0.4, 0.5) is 5.69 Å². The number of benzene rings is 2. The van der Waals surface area contributed by atoms with E-state index in [1.165, 1.54) is 17.4 Å². The van der Waals surface area contributed by atoms with Crippen molar-refractivity contribution in [3.8, 4) is 10.6 Å². The van der Waals surface area contributed by atoms with E-state index >= 15 is 0 Å². The maximum absolute atomic E-state index is 11.4. The van der Waals surface area contributed by atoms with Gasteiger partial charge in [0, 0.05) is 17.8 Å². The number of nitrogen functional groups attached to an aromatic ring is 1. The van der Waals surface area contributed by atoms with Crippen LogP contribution in [0.5, 0.6) is 0 Å². The van der Waals surface area contributed by atoms with E-state index in [-0.39, 0.29) is 28.5 Å². The number of halogens is 1. The number of fused-ring (bicyclic) bond motifs is 2. The third kappa shape index (κ3) is 2.84. The lowest BCUT2D eigenvalue weighted by atomic mass is 10.2. The number of hydrogen-bond donors (Lipinski definition) is 3. The van der Waals surface area contributed by atoms with E-state index in [0.717, 1.165) is 4.88 Å². The molecule has 0 amide bonds. The summed E-state index contributed by atoms with van der Waals surface area (Å²) in [7, 11) is -4.39. The first kappa shape index (κ1) is 15.6. The predicted molar refractivity (Wildman–Crippen MR) is 75.5 cm³/mol. The number of anilines is 1. The maximum Gasteiger partial charge on any atom is 0.296 e. The van der Waals surface area contributed by atoms with Crippen molar-refractivity contribution in [3.63, 3.8) is 0 Å². The van der Waals surface area contributed by atoms with E-state index in [1.807, 2.05) is 0 Å². The van der Waals surface area contributed by atoms with Crippen LogP contribution in [0.2, 0.25) is 0 Å². The lowest BCUT2D eigenvalue weighted by Crippen LogP contribution is -3.00. The molecule has 0 atom stereocenters. The Hall–Kier alpha value is -1.74. The molecule has 0 saturated carbocycles. The molecular formula is C12H10ClN3O3S2. The molecule has 0 fully saturated rings. The molecule has 0 spiro atoms. The normalized spacial score (nSPS) is 11.5. The first-order chi connectivity index (χ1) is 9.34. The van der Waals surface area contributed by atoms with Gasteiger partial charge in [-0.15, -0.1) is 11.3 Å². The van der Waals surface area contributed by atoms with Gasteiger partial charge in [0.15, 0.2) is 5.36 Å². The zero-order valence-corrected chi connectivity index (χ0v) is 12.8. The van der Waals surface area contributed by atoms with Gasteiger partial charge in [-0.1, -0.05) is 0 Å². The smallest absolute Gasteiger partial charge is 0.296 e. The van der Waals surface area contributed by atoms with Gasteiger partial charge in [0.1, 0.15) is 10.4 Å². The first-order valence-corrected chi connectivity index (χ1v) is 7.80. The minimum atomic E-state index is -4.39. The highest BCUT2D eigenvalue weighted by Crippen LogP contribution is 2.33. The fraction of sp³-hybridized carbons (Fsp3) is 0. The molecule has 110 valence electrons. The van der Waals surface area contributed by atoms with Gasteiger partial charge in [-0.3, -0.25) is 9.96 Å². The Bertz CT molecular complexity index is 969. The molecule has 1 aliphatic carbocycles. The van der Waals surface area contributed by atoms with Gasteiger partial charge in [0.25, 0.3) is 10.1 Å². The van der Waals surface area contributed by atoms with E-state index in [4.69, 9.17) is 11.1 Å². The van der Waals surface area contributed by atoms with Gasteiger partial charge in [-0.05, 0) is 18.2 Å². The number of rotatable bonds is 1. The fourth-order valence-electron chi connectivity index (χ4n) is 1.93. The molecule has 1 aromatic carbocycles. The molecule has 0 unspecified atom stereocenters. The number of nitrogens with two attached hydrogens (primary N) is 2. The Labute approximate surface area is 130 Å². The van der Waals surface area contributed by atoms with Gasteiger partial charge < -0.3 is 18.1 Å². The molecule has 0 radical (unpaired) electrons. The largest absolute Gasteiger partial charge is 1.00 e. The highest BCUT2D eigenvalue weighted by atomic mass is 35.5. The maximum atomic E-state index is 11.4. The Morgan fingerprint density at radius 2 is 1.95 bits per heavy atom. The van der Waals surface area contributed by atoms with Crippen LogP contribution in [0.15, 0.2) is 35.2 Å². The number of nitrogens with zero attached hydrogens (tertiary/aromatic N) is 1. The molecule has 0 aromatic heterocycles. The average molecular weight is 344 g/mol. The second kappa shape index (κ2) is 5.23.